The van der Waals surface area contributed by atoms with E-state index in [1.54, 1.807) is 0 Å². The van der Waals surface area contributed by atoms with Gasteiger partial charge in [0.25, 0.3) is 5.91 Å². The number of aryl methyl sites for hydroxylation is 1. The summed E-state index contributed by atoms with van der Waals surface area (Å²) in [5.41, 5.74) is 0.563. The number of para-hydroxylation sites is 1. The molecule has 1 atom stereocenters. The van der Waals surface area contributed by atoms with Crippen molar-refractivity contribution in [3.05, 3.63) is 59.1 Å². The van der Waals surface area contributed by atoms with Crippen molar-refractivity contribution in [1.29, 1.82) is 0 Å². The minimum Gasteiger partial charge on any atom is -0.453 e. The van der Waals surface area contributed by atoms with E-state index in [0.29, 0.717) is 6.42 Å². The average Bonchev–Trinajstić information content (AvgIpc) is 3.06. The number of hydrogen-bond donors (Lipinski definition) is 1. The molecule has 0 bridgehead atoms. The molecule has 3 aromatic rings. The number of thiazole rings is 1. The monoisotopic (exact) mass is 390 g/mol. The van der Waals surface area contributed by atoms with E-state index in [0.717, 1.165) is 33.4 Å². The first kappa shape index (κ1) is 18.9. The summed E-state index contributed by atoms with van der Waals surface area (Å²) < 4.78 is 32.8. The molecule has 0 aliphatic heterocycles. The number of carbonyl (C=O) groups excluding carboxylic acids is 2. The number of amides is 1. The van der Waals surface area contributed by atoms with E-state index in [1.807, 2.05) is 24.3 Å². The molecule has 0 saturated carbocycles. The number of rotatable bonds is 6. The topological polar surface area (TPSA) is 68.3 Å². The van der Waals surface area contributed by atoms with E-state index in [4.69, 9.17) is 4.74 Å². The molecule has 0 saturated heterocycles. The van der Waals surface area contributed by atoms with Crippen molar-refractivity contribution >= 4 is 39.1 Å². The van der Waals surface area contributed by atoms with Gasteiger partial charge in [-0.2, -0.15) is 0 Å². The van der Waals surface area contributed by atoms with Crippen molar-refractivity contribution in [1.82, 2.24) is 4.98 Å². The smallest absolute Gasteiger partial charge is 0.306 e. The van der Waals surface area contributed by atoms with Gasteiger partial charge in [0.05, 0.1) is 27.3 Å². The quantitative estimate of drug-likeness (QED) is 0.644. The molecule has 3 rings (SSSR count). The molecule has 140 valence electrons. The first-order valence-electron chi connectivity index (χ1n) is 8.22. The Labute approximate surface area is 158 Å². The van der Waals surface area contributed by atoms with Crippen LogP contribution in [0.5, 0.6) is 0 Å². The molecule has 8 heteroatoms. The summed E-state index contributed by atoms with van der Waals surface area (Å²) in [6, 6.07) is 10.4. The number of halogens is 2. The van der Waals surface area contributed by atoms with Crippen LogP contribution in [0, 0.1) is 11.6 Å². The molecule has 0 aliphatic carbocycles. The number of anilines is 1. The SMILES string of the molecule is CC(OC(=O)CCc1nc2ccccc2s1)C(=O)Nc1cc(F)ccc1F. The van der Waals surface area contributed by atoms with Gasteiger partial charge in [-0.1, -0.05) is 12.1 Å². The zero-order valence-corrected chi connectivity index (χ0v) is 15.2. The van der Waals surface area contributed by atoms with E-state index < -0.39 is 29.6 Å². The van der Waals surface area contributed by atoms with Gasteiger partial charge in [-0.3, -0.25) is 9.59 Å². The second-order valence-electron chi connectivity index (χ2n) is 5.82. The normalized spacial score (nSPS) is 12.0. The Hall–Kier alpha value is -2.87. The standard InChI is InChI=1S/C19H16F2N2O3S/c1-11(19(25)23-15-10-12(20)6-7-13(15)21)26-18(24)9-8-17-22-14-4-2-3-5-16(14)27-17/h2-7,10-11H,8-9H2,1H3,(H,23,25). The van der Waals surface area contributed by atoms with Gasteiger partial charge in [-0.15, -0.1) is 11.3 Å². The van der Waals surface area contributed by atoms with Gasteiger partial charge in [0.1, 0.15) is 11.6 Å². The van der Waals surface area contributed by atoms with Crippen LogP contribution < -0.4 is 5.32 Å². The summed E-state index contributed by atoms with van der Waals surface area (Å²) in [4.78, 5) is 28.4. The third-order valence-electron chi connectivity index (χ3n) is 3.74. The van der Waals surface area contributed by atoms with E-state index in [2.05, 4.69) is 10.3 Å². The van der Waals surface area contributed by atoms with Gasteiger partial charge in [0, 0.05) is 12.5 Å². The molecule has 0 fully saturated rings. The van der Waals surface area contributed by atoms with Crippen LogP contribution in [0.1, 0.15) is 18.4 Å². The number of nitrogens with zero attached hydrogens (tertiary/aromatic N) is 1. The third kappa shape index (κ3) is 4.85. The Morgan fingerprint density at radius 1 is 1.22 bits per heavy atom. The van der Waals surface area contributed by atoms with Crippen molar-refractivity contribution in [2.45, 2.75) is 25.9 Å². The lowest BCUT2D eigenvalue weighted by Crippen LogP contribution is -2.30. The number of nitrogens with one attached hydrogen (secondary N) is 1. The number of fused-ring (bicyclic) bond motifs is 1. The second kappa shape index (κ2) is 8.22. The molecule has 1 aromatic heterocycles. The first-order valence-corrected chi connectivity index (χ1v) is 9.04. The Kier molecular flexibility index (Phi) is 5.75. The lowest BCUT2D eigenvalue weighted by molar-refractivity contribution is -0.153. The minimum absolute atomic E-state index is 0.0613. The third-order valence-corrected chi connectivity index (χ3v) is 4.84. The molecule has 2 aromatic carbocycles. The largest absolute Gasteiger partial charge is 0.453 e. The first-order chi connectivity index (χ1) is 12.9. The van der Waals surface area contributed by atoms with Crippen LogP contribution >= 0.6 is 11.3 Å². The number of esters is 1. The fourth-order valence-electron chi connectivity index (χ4n) is 2.37. The lowest BCUT2D eigenvalue weighted by atomic mass is 10.2. The predicted molar refractivity (Wildman–Crippen MR) is 98.5 cm³/mol. The van der Waals surface area contributed by atoms with Gasteiger partial charge < -0.3 is 10.1 Å². The van der Waals surface area contributed by atoms with Gasteiger partial charge in [0.15, 0.2) is 6.10 Å². The highest BCUT2D eigenvalue weighted by Crippen LogP contribution is 2.22. The Morgan fingerprint density at radius 3 is 2.78 bits per heavy atom. The van der Waals surface area contributed by atoms with Gasteiger partial charge in [-0.05, 0) is 31.2 Å². The summed E-state index contributed by atoms with van der Waals surface area (Å²) in [5.74, 6) is -2.78. The van der Waals surface area contributed by atoms with E-state index in [9.17, 15) is 18.4 Å². The molecular weight excluding hydrogens is 374 g/mol. The highest BCUT2D eigenvalue weighted by molar-refractivity contribution is 7.18. The fourth-order valence-corrected chi connectivity index (χ4v) is 3.34. The molecule has 1 amide bonds. The van der Waals surface area contributed by atoms with Gasteiger partial charge in [-0.25, -0.2) is 13.8 Å². The summed E-state index contributed by atoms with van der Waals surface area (Å²) in [5, 5.41) is 3.00. The van der Waals surface area contributed by atoms with Crippen LogP contribution in [0.2, 0.25) is 0 Å². The summed E-state index contributed by atoms with van der Waals surface area (Å²) >= 11 is 1.49. The van der Waals surface area contributed by atoms with Crippen molar-refractivity contribution < 1.29 is 23.1 Å². The van der Waals surface area contributed by atoms with Crippen LogP contribution in [0.15, 0.2) is 42.5 Å². The molecule has 1 heterocycles. The van der Waals surface area contributed by atoms with E-state index in [1.165, 1.54) is 18.3 Å². The molecule has 27 heavy (non-hydrogen) atoms. The molecule has 5 nitrogen and oxygen atoms in total. The predicted octanol–water partition coefficient (Wildman–Crippen LogP) is 4.08. The zero-order valence-electron chi connectivity index (χ0n) is 14.4. The maximum absolute atomic E-state index is 13.6. The molecule has 1 unspecified atom stereocenters. The number of aromatic nitrogens is 1. The molecule has 0 radical (unpaired) electrons. The van der Waals surface area contributed by atoms with Crippen LogP contribution in [0.3, 0.4) is 0 Å². The Morgan fingerprint density at radius 2 is 2.00 bits per heavy atom. The molecule has 0 aliphatic rings. The summed E-state index contributed by atoms with van der Waals surface area (Å²) in [7, 11) is 0. The van der Waals surface area contributed by atoms with E-state index in [-0.39, 0.29) is 12.1 Å². The van der Waals surface area contributed by atoms with Crippen LogP contribution in [-0.4, -0.2) is 23.0 Å². The van der Waals surface area contributed by atoms with Crippen molar-refractivity contribution in [2.75, 3.05) is 5.32 Å². The average molecular weight is 390 g/mol. The number of ether oxygens (including phenoxy) is 1. The van der Waals surface area contributed by atoms with Gasteiger partial charge in [0.2, 0.25) is 0 Å². The van der Waals surface area contributed by atoms with Crippen molar-refractivity contribution in [2.24, 2.45) is 0 Å². The molecular formula is C19H16F2N2O3S. The van der Waals surface area contributed by atoms with Gasteiger partial charge >= 0.3 is 5.97 Å². The minimum atomic E-state index is -1.14. The number of carbonyl (C=O) groups is 2. The van der Waals surface area contributed by atoms with E-state index >= 15 is 0 Å². The van der Waals surface area contributed by atoms with Crippen molar-refractivity contribution in [3.63, 3.8) is 0 Å². The zero-order chi connectivity index (χ0) is 19.4. The van der Waals surface area contributed by atoms with Crippen LogP contribution in [0.4, 0.5) is 14.5 Å². The summed E-state index contributed by atoms with van der Waals surface area (Å²) in [6.07, 6.45) is -0.688. The molecule has 1 N–H and O–H groups in total. The fraction of sp³-hybridized carbons (Fsp3) is 0.211. The highest BCUT2D eigenvalue weighted by atomic mass is 32.1. The number of benzene rings is 2. The highest BCUT2D eigenvalue weighted by Gasteiger charge is 2.19. The van der Waals surface area contributed by atoms with Crippen molar-refractivity contribution in [3.8, 4) is 0 Å². The number of hydrogen-bond acceptors (Lipinski definition) is 5. The molecule has 0 spiro atoms. The van der Waals surface area contributed by atoms with Crippen LogP contribution in [-0.2, 0) is 20.7 Å². The maximum Gasteiger partial charge on any atom is 0.306 e. The Bertz CT molecular complexity index is 957. The summed E-state index contributed by atoms with van der Waals surface area (Å²) in [6.45, 7) is 1.36. The Balaban J connectivity index is 1.52. The maximum atomic E-state index is 13.6. The lowest BCUT2D eigenvalue weighted by Gasteiger charge is -2.13. The van der Waals surface area contributed by atoms with Crippen LogP contribution in [0.25, 0.3) is 10.2 Å². The second-order valence-corrected chi connectivity index (χ2v) is 6.94.